The molecular formula is C16H17N3O3S2. The third-order valence-electron chi connectivity index (χ3n) is 3.20. The highest BCUT2D eigenvalue weighted by molar-refractivity contribution is 8.03. The Morgan fingerprint density at radius 1 is 1.08 bits per heavy atom. The lowest BCUT2D eigenvalue weighted by atomic mass is 10.1. The van der Waals surface area contributed by atoms with Crippen LogP contribution in [0.4, 0.5) is 0 Å². The molecule has 0 aliphatic heterocycles. The van der Waals surface area contributed by atoms with Gasteiger partial charge >= 0.3 is 5.97 Å². The van der Waals surface area contributed by atoms with Gasteiger partial charge < -0.3 is 16.3 Å². The van der Waals surface area contributed by atoms with E-state index in [0.717, 1.165) is 32.7 Å². The molecule has 0 aliphatic rings. The zero-order valence-corrected chi connectivity index (χ0v) is 14.5. The first kappa shape index (κ1) is 18.1. The maximum absolute atomic E-state index is 11.4. The van der Waals surface area contributed by atoms with Gasteiger partial charge in [0.25, 0.3) is 0 Å². The third kappa shape index (κ3) is 4.38. The van der Waals surface area contributed by atoms with Crippen molar-refractivity contribution in [2.24, 2.45) is 11.6 Å². The van der Waals surface area contributed by atoms with Crippen molar-refractivity contribution >= 4 is 28.5 Å². The largest absolute Gasteiger partial charge is 0.477 e. The average Bonchev–Trinajstić information content (AvgIpc) is 2.59. The van der Waals surface area contributed by atoms with Gasteiger partial charge in [0.1, 0.15) is 10.7 Å². The van der Waals surface area contributed by atoms with Crippen molar-refractivity contribution in [3.8, 4) is 11.1 Å². The first-order valence-corrected chi connectivity index (χ1v) is 9.21. The molecule has 0 saturated heterocycles. The van der Waals surface area contributed by atoms with E-state index < -0.39 is 16.8 Å². The van der Waals surface area contributed by atoms with Crippen LogP contribution in [-0.4, -0.2) is 21.5 Å². The predicted octanol–water partition coefficient (Wildman–Crippen LogP) is 1.86. The number of hydrogen-bond acceptors (Lipinski definition) is 6. The second-order valence-electron chi connectivity index (χ2n) is 4.80. The highest BCUT2D eigenvalue weighted by Crippen LogP contribution is 2.28. The first-order valence-electron chi connectivity index (χ1n) is 6.84. The molecule has 0 saturated carbocycles. The van der Waals surface area contributed by atoms with Crippen LogP contribution in [0.1, 0.15) is 0 Å². The van der Waals surface area contributed by atoms with Crippen LogP contribution in [-0.2, 0) is 15.6 Å². The van der Waals surface area contributed by atoms with Gasteiger partial charge in [0.05, 0.1) is 0 Å². The van der Waals surface area contributed by atoms with Crippen LogP contribution in [0, 0.1) is 0 Å². The molecule has 0 spiro atoms. The van der Waals surface area contributed by atoms with Crippen molar-refractivity contribution in [3.05, 3.63) is 59.3 Å². The lowest BCUT2D eigenvalue weighted by Crippen LogP contribution is -2.26. The molecule has 8 heteroatoms. The molecular weight excluding hydrogens is 346 g/mol. The summed E-state index contributed by atoms with van der Waals surface area (Å²) in [6.45, 7) is 0. The zero-order valence-electron chi connectivity index (χ0n) is 12.9. The number of carbonyl (C=O) groups is 1. The van der Waals surface area contributed by atoms with Crippen LogP contribution in [0.25, 0.3) is 11.1 Å². The maximum Gasteiger partial charge on any atom is 0.354 e. The van der Waals surface area contributed by atoms with Gasteiger partial charge in [-0.15, -0.1) is 0 Å². The van der Waals surface area contributed by atoms with E-state index in [1.165, 1.54) is 0 Å². The fourth-order valence-electron chi connectivity index (χ4n) is 1.93. The van der Waals surface area contributed by atoms with Gasteiger partial charge in [0.2, 0.25) is 0 Å². The van der Waals surface area contributed by atoms with Crippen LogP contribution in [0.3, 0.4) is 0 Å². The van der Waals surface area contributed by atoms with Gasteiger partial charge in [-0.05, 0) is 35.4 Å². The number of aliphatic carboxylic acids is 1. The summed E-state index contributed by atoms with van der Waals surface area (Å²) in [5.41, 5.74) is 9.42. The summed E-state index contributed by atoms with van der Waals surface area (Å²) in [6, 6.07) is 15.0. The summed E-state index contributed by atoms with van der Waals surface area (Å²) in [4.78, 5) is 12.5. The van der Waals surface area contributed by atoms with Gasteiger partial charge in [-0.3, -0.25) is 4.21 Å². The second-order valence-corrected chi connectivity index (χ2v) is 7.26. The standard InChI is InChI=1S/C16H17N3O3S2/c1-24(22)13-8-4-11(5-9-13)10-2-6-12(7-3-10)23-15(19-18)14(17)16(20)21/h2-9,19H,17-18H2,1H3,(H,20,21)/b15-14+. The smallest absolute Gasteiger partial charge is 0.354 e. The molecule has 0 amide bonds. The summed E-state index contributed by atoms with van der Waals surface area (Å²) in [6.07, 6.45) is 1.64. The van der Waals surface area contributed by atoms with Crippen LogP contribution in [0.15, 0.2) is 69.0 Å². The molecule has 0 aromatic heterocycles. The number of rotatable bonds is 6. The first-order chi connectivity index (χ1) is 11.4. The molecule has 0 fully saturated rings. The Hall–Kier alpha value is -2.29. The van der Waals surface area contributed by atoms with E-state index in [1.54, 1.807) is 6.26 Å². The second kappa shape index (κ2) is 8.00. The Morgan fingerprint density at radius 2 is 1.58 bits per heavy atom. The normalized spacial score (nSPS) is 13.1. The molecule has 0 radical (unpaired) electrons. The molecule has 2 aromatic rings. The van der Waals surface area contributed by atoms with Crippen LogP contribution in [0.5, 0.6) is 0 Å². The van der Waals surface area contributed by atoms with Crippen molar-refractivity contribution in [2.75, 3.05) is 6.26 Å². The molecule has 1 unspecified atom stereocenters. The average molecular weight is 363 g/mol. The topological polar surface area (TPSA) is 118 Å². The van der Waals surface area contributed by atoms with E-state index in [1.807, 2.05) is 48.5 Å². The van der Waals surface area contributed by atoms with Crippen molar-refractivity contribution in [1.82, 2.24) is 5.43 Å². The molecule has 0 bridgehead atoms. The number of hydrogen-bond donors (Lipinski definition) is 4. The Balaban J connectivity index is 2.20. The molecule has 6 nitrogen and oxygen atoms in total. The van der Waals surface area contributed by atoms with Gasteiger partial charge in [-0.25, -0.2) is 10.6 Å². The van der Waals surface area contributed by atoms with E-state index >= 15 is 0 Å². The molecule has 6 N–H and O–H groups in total. The van der Waals surface area contributed by atoms with Gasteiger partial charge in [0.15, 0.2) is 0 Å². The molecule has 24 heavy (non-hydrogen) atoms. The summed E-state index contributed by atoms with van der Waals surface area (Å²) in [5, 5.41) is 9.07. The molecule has 2 aromatic carbocycles. The zero-order chi connectivity index (χ0) is 17.7. The van der Waals surface area contributed by atoms with Gasteiger partial charge in [-0.2, -0.15) is 0 Å². The van der Waals surface area contributed by atoms with Crippen LogP contribution in [0.2, 0.25) is 0 Å². The molecule has 0 heterocycles. The number of carboxylic acids is 1. The summed E-state index contributed by atoms with van der Waals surface area (Å²) >= 11 is 1.13. The quantitative estimate of drug-likeness (QED) is 0.268. The highest BCUT2D eigenvalue weighted by atomic mass is 32.2. The Morgan fingerprint density at radius 3 is 2.00 bits per heavy atom. The number of nitrogens with one attached hydrogen (secondary N) is 1. The molecule has 2 rings (SSSR count). The number of benzene rings is 2. The summed E-state index contributed by atoms with van der Waals surface area (Å²) in [7, 11) is -1.00. The third-order valence-corrected chi connectivity index (χ3v) is 5.19. The molecule has 126 valence electrons. The van der Waals surface area contributed by atoms with E-state index in [9.17, 15) is 9.00 Å². The van der Waals surface area contributed by atoms with Crippen LogP contribution >= 0.6 is 11.8 Å². The van der Waals surface area contributed by atoms with E-state index in [0.29, 0.717) is 0 Å². The maximum atomic E-state index is 11.4. The van der Waals surface area contributed by atoms with Crippen LogP contribution < -0.4 is 17.0 Å². The minimum absolute atomic E-state index is 0.171. The highest BCUT2D eigenvalue weighted by Gasteiger charge is 2.11. The van der Waals surface area contributed by atoms with Crippen molar-refractivity contribution in [3.63, 3.8) is 0 Å². The fourth-order valence-corrected chi connectivity index (χ4v) is 3.22. The Labute approximate surface area is 146 Å². The van der Waals surface area contributed by atoms with Crippen molar-refractivity contribution in [1.29, 1.82) is 0 Å². The SMILES string of the molecule is CS(=O)c1ccc(-c2ccc(S/C(NN)=C(/N)C(=O)O)cc2)cc1. The number of thioether (sulfide) groups is 1. The Bertz CT molecular complexity index is 787. The van der Waals surface area contributed by atoms with Gasteiger partial charge in [0, 0.05) is 26.8 Å². The van der Waals surface area contributed by atoms with Gasteiger partial charge in [-0.1, -0.05) is 36.0 Å². The fraction of sp³-hybridized carbons (Fsp3) is 0.0625. The molecule has 0 aliphatic carbocycles. The number of nitrogens with two attached hydrogens (primary N) is 2. The minimum atomic E-state index is -1.24. The number of hydrazine groups is 1. The Kier molecular flexibility index (Phi) is 6.02. The summed E-state index contributed by atoms with van der Waals surface area (Å²) < 4.78 is 11.4. The lowest BCUT2D eigenvalue weighted by molar-refractivity contribution is -0.132. The van der Waals surface area contributed by atoms with E-state index in [2.05, 4.69) is 5.43 Å². The van der Waals surface area contributed by atoms with E-state index in [4.69, 9.17) is 16.7 Å². The molecule has 1 atom stereocenters. The predicted molar refractivity (Wildman–Crippen MR) is 96.2 cm³/mol. The minimum Gasteiger partial charge on any atom is -0.477 e. The van der Waals surface area contributed by atoms with E-state index in [-0.39, 0.29) is 10.7 Å². The van der Waals surface area contributed by atoms with Crippen molar-refractivity contribution in [2.45, 2.75) is 9.79 Å². The number of carboxylic acid groups (broad SMARTS) is 1. The van der Waals surface area contributed by atoms with Crippen molar-refractivity contribution < 1.29 is 14.1 Å². The monoisotopic (exact) mass is 363 g/mol. The lowest BCUT2D eigenvalue weighted by Gasteiger charge is -2.09. The summed E-state index contributed by atoms with van der Waals surface area (Å²) in [5.74, 6) is 4.09.